The predicted molar refractivity (Wildman–Crippen MR) is 60.2 cm³/mol. The number of nitrogens with two attached hydrogens (primary N) is 1. The molecule has 16 heavy (non-hydrogen) atoms. The van der Waals surface area contributed by atoms with Gasteiger partial charge in [-0.3, -0.25) is 0 Å². The Morgan fingerprint density at radius 2 is 1.75 bits per heavy atom. The molecule has 0 aromatic heterocycles. The highest BCUT2D eigenvalue weighted by Crippen LogP contribution is 2.23. The van der Waals surface area contributed by atoms with Crippen LogP contribution in [0, 0.1) is 11.3 Å². The van der Waals surface area contributed by atoms with Crippen LogP contribution in [0.1, 0.15) is 33.6 Å². The lowest BCUT2D eigenvalue weighted by atomic mass is 9.84. The van der Waals surface area contributed by atoms with Crippen LogP contribution in [0.4, 0.5) is 13.2 Å². The number of alkyl halides is 3. The van der Waals surface area contributed by atoms with Crippen molar-refractivity contribution in [2.24, 2.45) is 17.1 Å². The number of hydrogen-bond acceptors (Lipinski definition) is 2. The zero-order valence-electron chi connectivity index (χ0n) is 10.3. The summed E-state index contributed by atoms with van der Waals surface area (Å²) >= 11 is 0. The minimum Gasteiger partial charge on any atom is -0.330 e. The van der Waals surface area contributed by atoms with E-state index >= 15 is 0 Å². The minimum atomic E-state index is -4.07. The third-order valence-electron chi connectivity index (χ3n) is 2.25. The third kappa shape index (κ3) is 10.2. The van der Waals surface area contributed by atoms with Gasteiger partial charge in [0.1, 0.15) is 0 Å². The molecule has 0 amide bonds. The van der Waals surface area contributed by atoms with Crippen LogP contribution in [-0.4, -0.2) is 25.8 Å². The van der Waals surface area contributed by atoms with Gasteiger partial charge in [0.25, 0.3) is 0 Å². The summed E-state index contributed by atoms with van der Waals surface area (Å²) in [5.74, 6) is 0.244. The summed E-state index contributed by atoms with van der Waals surface area (Å²) in [5, 5.41) is 2.82. The fourth-order valence-electron chi connectivity index (χ4n) is 1.64. The third-order valence-corrected chi connectivity index (χ3v) is 2.25. The maximum atomic E-state index is 11.9. The van der Waals surface area contributed by atoms with E-state index in [1.54, 1.807) is 0 Å². The molecule has 0 aliphatic heterocycles. The molecule has 0 radical (unpaired) electrons. The normalized spacial score (nSPS) is 15.2. The van der Waals surface area contributed by atoms with Crippen molar-refractivity contribution >= 4 is 0 Å². The lowest BCUT2D eigenvalue weighted by Gasteiger charge is -2.25. The van der Waals surface area contributed by atoms with Gasteiger partial charge in [-0.05, 0) is 30.8 Å². The molecule has 1 atom stereocenters. The number of rotatable bonds is 6. The quantitative estimate of drug-likeness (QED) is 0.700. The molecule has 98 valence electrons. The van der Waals surface area contributed by atoms with Crippen LogP contribution in [0.25, 0.3) is 0 Å². The molecule has 0 aliphatic rings. The zero-order valence-corrected chi connectivity index (χ0v) is 10.3. The molecule has 0 bridgehead atoms. The first-order valence-corrected chi connectivity index (χ1v) is 5.61. The monoisotopic (exact) mass is 240 g/mol. The van der Waals surface area contributed by atoms with Crippen LogP contribution in [0.5, 0.6) is 0 Å². The highest BCUT2D eigenvalue weighted by atomic mass is 19.4. The van der Waals surface area contributed by atoms with Crippen molar-refractivity contribution in [1.29, 1.82) is 0 Å². The summed E-state index contributed by atoms with van der Waals surface area (Å²) in [6, 6.07) is 0. The van der Waals surface area contributed by atoms with Gasteiger partial charge in [0, 0.05) is 6.54 Å². The summed E-state index contributed by atoms with van der Waals surface area (Å²) in [5.41, 5.74) is 5.75. The molecule has 3 N–H and O–H groups in total. The van der Waals surface area contributed by atoms with Crippen LogP contribution in [0.2, 0.25) is 0 Å². The van der Waals surface area contributed by atoms with Crippen LogP contribution in [0.3, 0.4) is 0 Å². The maximum absolute atomic E-state index is 11.9. The second-order valence-corrected chi connectivity index (χ2v) is 5.44. The van der Waals surface area contributed by atoms with Gasteiger partial charge in [0.05, 0.1) is 6.42 Å². The summed E-state index contributed by atoms with van der Waals surface area (Å²) in [7, 11) is 0. The van der Waals surface area contributed by atoms with Crippen molar-refractivity contribution in [2.75, 3.05) is 19.6 Å². The second-order valence-electron chi connectivity index (χ2n) is 5.44. The highest BCUT2D eigenvalue weighted by molar-refractivity contribution is 4.72. The first-order chi connectivity index (χ1) is 7.14. The van der Waals surface area contributed by atoms with Crippen LogP contribution >= 0.6 is 0 Å². The Hall–Kier alpha value is -0.290. The SMILES string of the molecule is CC(C)(C)CC(CN)CNCCC(F)(F)F. The number of halogens is 3. The minimum absolute atomic E-state index is 0.0237. The molecule has 2 nitrogen and oxygen atoms in total. The van der Waals surface area contributed by atoms with Crippen molar-refractivity contribution in [3.63, 3.8) is 0 Å². The molecule has 0 saturated carbocycles. The smallest absolute Gasteiger partial charge is 0.330 e. The summed E-state index contributed by atoms with van der Waals surface area (Å²) in [4.78, 5) is 0. The molecular weight excluding hydrogens is 217 g/mol. The zero-order chi connectivity index (χ0) is 12.8. The maximum Gasteiger partial charge on any atom is 0.390 e. The van der Waals surface area contributed by atoms with Gasteiger partial charge >= 0.3 is 6.18 Å². The largest absolute Gasteiger partial charge is 0.390 e. The Balaban J connectivity index is 3.72. The van der Waals surface area contributed by atoms with Gasteiger partial charge in [-0.25, -0.2) is 0 Å². The fourth-order valence-corrected chi connectivity index (χ4v) is 1.64. The summed E-state index contributed by atoms with van der Waals surface area (Å²) < 4.78 is 35.6. The van der Waals surface area contributed by atoms with E-state index in [0.29, 0.717) is 13.1 Å². The molecule has 5 heteroatoms. The van der Waals surface area contributed by atoms with Crippen LogP contribution < -0.4 is 11.1 Å². The van der Waals surface area contributed by atoms with E-state index in [9.17, 15) is 13.2 Å². The number of hydrogen-bond donors (Lipinski definition) is 2. The lowest BCUT2D eigenvalue weighted by Crippen LogP contribution is -2.33. The van der Waals surface area contributed by atoms with E-state index in [1.165, 1.54) is 0 Å². The molecule has 0 spiro atoms. The van der Waals surface area contributed by atoms with E-state index in [2.05, 4.69) is 26.1 Å². The standard InChI is InChI=1S/C11H23F3N2/c1-10(2,3)6-9(7-15)8-16-5-4-11(12,13)14/h9,16H,4-8,15H2,1-3H3. The fraction of sp³-hybridized carbons (Fsp3) is 1.00. The second kappa shape index (κ2) is 6.45. The molecule has 0 fully saturated rings. The first-order valence-electron chi connectivity index (χ1n) is 5.61. The van der Waals surface area contributed by atoms with Crippen molar-refractivity contribution in [3.05, 3.63) is 0 Å². The Morgan fingerprint density at radius 3 is 2.12 bits per heavy atom. The summed E-state index contributed by atoms with van der Waals surface area (Å²) in [6.07, 6.45) is -3.93. The average molecular weight is 240 g/mol. The van der Waals surface area contributed by atoms with Crippen molar-refractivity contribution < 1.29 is 13.2 Å². The van der Waals surface area contributed by atoms with E-state index in [-0.39, 0.29) is 17.9 Å². The van der Waals surface area contributed by atoms with E-state index in [0.717, 1.165) is 6.42 Å². The van der Waals surface area contributed by atoms with Crippen molar-refractivity contribution in [2.45, 2.75) is 39.8 Å². The Kier molecular flexibility index (Phi) is 6.33. The molecule has 0 heterocycles. The summed E-state index contributed by atoms with van der Waals surface area (Å²) in [6.45, 7) is 7.35. The van der Waals surface area contributed by atoms with Gasteiger partial charge in [-0.2, -0.15) is 13.2 Å². The topological polar surface area (TPSA) is 38.0 Å². The molecule has 0 aromatic rings. The molecule has 0 saturated heterocycles. The van der Waals surface area contributed by atoms with Crippen molar-refractivity contribution in [3.8, 4) is 0 Å². The van der Waals surface area contributed by atoms with E-state index < -0.39 is 12.6 Å². The van der Waals surface area contributed by atoms with Gasteiger partial charge in [0.2, 0.25) is 0 Å². The van der Waals surface area contributed by atoms with Crippen molar-refractivity contribution in [1.82, 2.24) is 5.32 Å². The molecule has 1 unspecified atom stereocenters. The molecular formula is C11H23F3N2. The lowest BCUT2D eigenvalue weighted by molar-refractivity contribution is -0.133. The van der Waals surface area contributed by atoms with Gasteiger partial charge < -0.3 is 11.1 Å². The number of nitrogens with one attached hydrogen (secondary N) is 1. The van der Waals surface area contributed by atoms with Gasteiger partial charge in [0.15, 0.2) is 0 Å². The molecule has 0 aliphatic carbocycles. The Morgan fingerprint density at radius 1 is 1.19 bits per heavy atom. The van der Waals surface area contributed by atoms with Crippen LogP contribution in [-0.2, 0) is 0 Å². The van der Waals surface area contributed by atoms with Gasteiger partial charge in [-0.15, -0.1) is 0 Å². The van der Waals surface area contributed by atoms with Crippen LogP contribution in [0.15, 0.2) is 0 Å². The van der Waals surface area contributed by atoms with E-state index in [1.807, 2.05) is 0 Å². The highest BCUT2D eigenvalue weighted by Gasteiger charge is 2.26. The molecule has 0 rings (SSSR count). The predicted octanol–water partition coefficient (Wildman–Crippen LogP) is 2.54. The average Bonchev–Trinajstić information content (AvgIpc) is 2.06. The van der Waals surface area contributed by atoms with E-state index in [4.69, 9.17) is 5.73 Å². The Labute approximate surface area is 95.8 Å². The molecule has 0 aromatic carbocycles. The van der Waals surface area contributed by atoms with Gasteiger partial charge in [-0.1, -0.05) is 20.8 Å². The Bertz CT molecular complexity index is 185. The first kappa shape index (κ1) is 15.7.